The second kappa shape index (κ2) is 8.50. The molecule has 0 saturated carbocycles. The maximum absolute atomic E-state index is 5.20. The molecule has 0 saturated heterocycles. The molecule has 0 fully saturated rings. The monoisotopic (exact) mass is 143 g/mol. The fourth-order valence-corrected chi connectivity index (χ4v) is 0.627. The highest BCUT2D eigenvalue weighted by molar-refractivity contribution is 4.73. The molecular formula is C8H17NO. The van der Waals surface area contributed by atoms with E-state index in [0.717, 1.165) is 13.0 Å². The smallest absolute Gasteiger partial charge is 0.0873 e. The van der Waals surface area contributed by atoms with Crippen LogP contribution in [0.3, 0.4) is 0 Å². The van der Waals surface area contributed by atoms with E-state index in [-0.39, 0.29) is 0 Å². The van der Waals surface area contributed by atoms with Crippen LogP contribution in [-0.4, -0.2) is 13.2 Å². The van der Waals surface area contributed by atoms with Crippen LogP contribution in [0.25, 0.3) is 0 Å². The Kier molecular flexibility index (Phi) is 8.07. The maximum Gasteiger partial charge on any atom is 0.0873 e. The second-order valence-electron chi connectivity index (χ2n) is 2.19. The van der Waals surface area contributed by atoms with Gasteiger partial charge in [-0.05, 0) is 12.5 Å². The molecule has 0 aromatic heterocycles. The molecule has 2 heteroatoms. The van der Waals surface area contributed by atoms with Gasteiger partial charge in [-0.2, -0.15) is 0 Å². The van der Waals surface area contributed by atoms with Gasteiger partial charge in [0, 0.05) is 6.54 Å². The van der Waals surface area contributed by atoms with Gasteiger partial charge in [0.2, 0.25) is 0 Å². The van der Waals surface area contributed by atoms with Gasteiger partial charge >= 0.3 is 0 Å². The van der Waals surface area contributed by atoms with E-state index in [1.165, 1.54) is 12.8 Å². The molecule has 2 nitrogen and oxygen atoms in total. The Morgan fingerprint density at radius 3 is 2.80 bits per heavy atom. The lowest BCUT2D eigenvalue weighted by atomic mass is 10.3. The van der Waals surface area contributed by atoms with Gasteiger partial charge in [-0.1, -0.05) is 19.8 Å². The SMILES string of the molecule is CCCCCOC=CCN. The molecule has 10 heavy (non-hydrogen) atoms. The Labute approximate surface area is 63.1 Å². The lowest BCUT2D eigenvalue weighted by Gasteiger charge is -1.97. The van der Waals surface area contributed by atoms with Gasteiger partial charge < -0.3 is 10.5 Å². The largest absolute Gasteiger partial charge is 0.501 e. The fourth-order valence-electron chi connectivity index (χ4n) is 0.627. The zero-order valence-electron chi connectivity index (χ0n) is 6.68. The van der Waals surface area contributed by atoms with Gasteiger partial charge in [0.05, 0.1) is 12.9 Å². The van der Waals surface area contributed by atoms with Gasteiger partial charge in [-0.15, -0.1) is 0 Å². The van der Waals surface area contributed by atoms with Crippen molar-refractivity contribution in [3.8, 4) is 0 Å². The lowest BCUT2D eigenvalue weighted by Crippen LogP contribution is -1.93. The summed E-state index contributed by atoms with van der Waals surface area (Å²) in [7, 11) is 0. The summed E-state index contributed by atoms with van der Waals surface area (Å²) < 4.78 is 5.12. The van der Waals surface area contributed by atoms with Gasteiger partial charge in [0.1, 0.15) is 0 Å². The third-order valence-electron chi connectivity index (χ3n) is 1.19. The molecule has 2 N–H and O–H groups in total. The van der Waals surface area contributed by atoms with Crippen molar-refractivity contribution < 1.29 is 4.74 Å². The third kappa shape index (κ3) is 7.50. The molecular weight excluding hydrogens is 126 g/mol. The summed E-state index contributed by atoms with van der Waals surface area (Å²) in [5.41, 5.74) is 5.20. The first kappa shape index (κ1) is 9.50. The quantitative estimate of drug-likeness (QED) is 0.453. The van der Waals surface area contributed by atoms with E-state index < -0.39 is 0 Å². The zero-order chi connectivity index (χ0) is 7.66. The minimum absolute atomic E-state index is 0.563. The number of hydrogen-bond donors (Lipinski definition) is 1. The normalized spacial score (nSPS) is 10.6. The molecule has 0 aromatic carbocycles. The van der Waals surface area contributed by atoms with Gasteiger partial charge in [0.15, 0.2) is 0 Å². The van der Waals surface area contributed by atoms with Gasteiger partial charge in [0.25, 0.3) is 0 Å². The summed E-state index contributed by atoms with van der Waals surface area (Å²) in [4.78, 5) is 0. The van der Waals surface area contributed by atoms with Crippen molar-refractivity contribution >= 4 is 0 Å². The molecule has 0 aliphatic rings. The molecule has 0 radical (unpaired) electrons. The number of hydrogen-bond acceptors (Lipinski definition) is 2. The molecule has 60 valence electrons. The van der Waals surface area contributed by atoms with Gasteiger partial charge in [-0.25, -0.2) is 0 Å². The Bertz CT molecular complexity index is 81.3. The highest BCUT2D eigenvalue weighted by Gasteiger charge is 1.82. The molecule has 0 aromatic rings. The Balaban J connectivity index is 2.83. The van der Waals surface area contributed by atoms with Crippen LogP contribution in [0.2, 0.25) is 0 Å². The topological polar surface area (TPSA) is 35.2 Å². The Hall–Kier alpha value is -0.500. The van der Waals surface area contributed by atoms with Gasteiger partial charge in [-0.3, -0.25) is 0 Å². The van der Waals surface area contributed by atoms with E-state index in [4.69, 9.17) is 10.5 Å². The molecule has 0 heterocycles. The van der Waals surface area contributed by atoms with E-state index in [9.17, 15) is 0 Å². The van der Waals surface area contributed by atoms with Crippen molar-refractivity contribution in [3.63, 3.8) is 0 Å². The highest BCUT2D eigenvalue weighted by Crippen LogP contribution is 1.93. The molecule has 0 spiro atoms. The minimum atomic E-state index is 0.563. The number of rotatable bonds is 6. The van der Waals surface area contributed by atoms with E-state index in [0.29, 0.717) is 6.54 Å². The van der Waals surface area contributed by atoms with E-state index in [1.807, 2.05) is 6.08 Å². The standard InChI is InChI=1S/C8H17NO/c1-2-3-4-7-10-8-5-6-9/h5,8H,2-4,6-7,9H2,1H3. The summed E-state index contributed by atoms with van der Waals surface area (Å²) in [5.74, 6) is 0. The molecule has 0 bridgehead atoms. The number of nitrogens with two attached hydrogens (primary N) is 1. The van der Waals surface area contributed by atoms with Crippen molar-refractivity contribution in [2.45, 2.75) is 26.2 Å². The number of unbranched alkanes of at least 4 members (excludes halogenated alkanes) is 2. The zero-order valence-corrected chi connectivity index (χ0v) is 6.68. The first-order chi connectivity index (χ1) is 4.91. The second-order valence-corrected chi connectivity index (χ2v) is 2.19. The van der Waals surface area contributed by atoms with Crippen LogP contribution >= 0.6 is 0 Å². The summed E-state index contributed by atoms with van der Waals surface area (Å²) in [6, 6.07) is 0. The Morgan fingerprint density at radius 2 is 2.20 bits per heavy atom. The minimum Gasteiger partial charge on any atom is -0.501 e. The summed E-state index contributed by atoms with van der Waals surface area (Å²) in [5, 5.41) is 0. The lowest BCUT2D eigenvalue weighted by molar-refractivity contribution is 0.241. The summed E-state index contributed by atoms with van der Waals surface area (Å²) >= 11 is 0. The maximum atomic E-state index is 5.20. The van der Waals surface area contributed by atoms with Crippen LogP contribution in [0.1, 0.15) is 26.2 Å². The average molecular weight is 143 g/mol. The third-order valence-corrected chi connectivity index (χ3v) is 1.19. The molecule has 0 rings (SSSR count). The first-order valence-electron chi connectivity index (χ1n) is 3.88. The van der Waals surface area contributed by atoms with E-state index in [2.05, 4.69) is 6.92 Å². The van der Waals surface area contributed by atoms with Crippen LogP contribution in [0.15, 0.2) is 12.3 Å². The van der Waals surface area contributed by atoms with E-state index in [1.54, 1.807) is 6.26 Å². The van der Waals surface area contributed by atoms with Crippen LogP contribution in [0.5, 0.6) is 0 Å². The Morgan fingerprint density at radius 1 is 1.40 bits per heavy atom. The summed E-state index contributed by atoms with van der Waals surface area (Å²) in [6.07, 6.45) is 7.12. The highest BCUT2D eigenvalue weighted by atomic mass is 16.5. The van der Waals surface area contributed by atoms with Crippen molar-refractivity contribution in [2.75, 3.05) is 13.2 Å². The molecule has 0 amide bonds. The molecule has 0 unspecified atom stereocenters. The van der Waals surface area contributed by atoms with Crippen LogP contribution in [0, 0.1) is 0 Å². The van der Waals surface area contributed by atoms with Crippen molar-refractivity contribution in [1.82, 2.24) is 0 Å². The predicted molar refractivity (Wildman–Crippen MR) is 43.7 cm³/mol. The van der Waals surface area contributed by atoms with E-state index >= 15 is 0 Å². The predicted octanol–water partition coefficient (Wildman–Crippen LogP) is 1.67. The van der Waals surface area contributed by atoms with Crippen LogP contribution < -0.4 is 5.73 Å². The van der Waals surface area contributed by atoms with Crippen LogP contribution in [0.4, 0.5) is 0 Å². The fraction of sp³-hybridized carbons (Fsp3) is 0.750. The molecule has 0 aliphatic heterocycles. The first-order valence-corrected chi connectivity index (χ1v) is 3.88. The number of ether oxygens (including phenoxy) is 1. The van der Waals surface area contributed by atoms with Crippen molar-refractivity contribution in [2.24, 2.45) is 5.73 Å². The molecule has 0 atom stereocenters. The van der Waals surface area contributed by atoms with Crippen molar-refractivity contribution in [3.05, 3.63) is 12.3 Å². The average Bonchev–Trinajstić information content (AvgIpc) is 1.97. The van der Waals surface area contributed by atoms with Crippen LogP contribution in [-0.2, 0) is 4.74 Å². The van der Waals surface area contributed by atoms with Crippen molar-refractivity contribution in [1.29, 1.82) is 0 Å². The molecule has 0 aliphatic carbocycles. The summed E-state index contributed by atoms with van der Waals surface area (Å²) in [6.45, 7) is 3.56.